The van der Waals surface area contributed by atoms with Gasteiger partial charge in [0.1, 0.15) is 23.7 Å². The number of carbonyl (C=O) groups excluding carboxylic acids is 4. The van der Waals surface area contributed by atoms with Crippen LogP contribution < -0.4 is 16.3 Å². The normalized spacial score (nSPS) is 14.2. The van der Waals surface area contributed by atoms with Crippen LogP contribution in [-0.2, 0) is 32.0 Å². The molecule has 10 nitrogen and oxygen atoms in total. The molecule has 2 aliphatic rings. The van der Waals surface area contributed by atoms with Crippen molar-refractivity contribution in [3.05, 3.63) is 45.2 Å². The Morgan fingerprint density at radius 2 is 1.76 bits per heavy atom. The van der Waals surface area contributed by atoms with Crippen LogP contribution in [0.15, 0.2) is 27.1 Å². The zero-order valence-corrected chi connectivity index (χ0v) is 19.9. The topological polar surface area (TPSA) is 152 Å². The Bertz CT molecular complexity index is 1040. The SMILES string of the molecule is CCC(=O)CC(=O)OC.CCc1cc(=O)oc2c1C(=O)NC(=S)C2.O=C1C=C(O)CC(=S)N1. The summed E-state index contributed by atoms with van der Waals surface area (Å²) in [6, 6.07) is 1.35. The van der Waals surface area contributed by atoms with E-state index >= 15 is 0 Å². The maximum absolute atomic E-state index is 11.6. The minimum absolute atomic E-state index is 0.0313. The molecule has 3 rings (SSSR count). The molecule has 178 valence electrons. The molecule has 12 heteroatoms. The van der Waals surface area contributed by atoms with Crippen molar-refractivity contribution in [2.45, 2.75) is 46.0 Å². The maximum atomic E-state index is 11.6. The number of aryl methyl sites for hydroxylation is 1. The summed E-state index contributed by atoms with van der Waals surface area (Å²) in [5, 5.41) is 13.7. The number of aliphatic hydroxyl groups excluding tert-OH is 1. The number of methoxy groups -OCH3 is 1. The van der Waals surface area contributed by atoms with Crippen LogP contribution >= 0.6 is 24.4 Å². The van der Waals surface area contributed by atoms with Crippen LogP contribution in [0.4, 0.5) is 0 Å². The van der Waals surface area contributed by atoms with Crippen LogP contribution in [0.2, 0.25) is 0 Å². The van der Waals surface area contributed by atoms with Gasteiger partial charge in [0.05, 0.1) is 35.5 Å². The quantitative estimate of drug-likeness (QED) is 0.318. The van der Waals surface area contributed by atoms with Crippen molar-refractivity contribution in [1.82, 2.24) is 10.6 Å². The summed E-state index contributed by atoms with van der Waals surface area (Å²) in [5.74, 6) is -0.744. The number of hydrogen-bond donors (Lipinski definition) is 3. The van der Waals surface area contributed by atoms with Gasteiger partial charge in [-0.25, -0.2) is 4.79 Å². The molecule has 0 saturated heterocycles. The van der Waals surface area contributed by atoms with E-state index in [0.717, 1.165) is 6.08 Å². The predicted molar refractivity (Wildman–Crippen MR) is 126 cm³/mol. The van der Waals surface area contributed by atoms with Crippen LogP contribution in [0.25, 0.3) is 0 Å². The highest BCUT2D eigenvalue weighted by molar-refractivity contribution is 7.80. The van der Waals surface area contributed by atoms with Crippen molar-refractivity contribution >= 4 is 58.0 Å². The summed E-state index contributed by atoms with van der Waals surface area (Å²) < 4.78 is 9.24. The van der Waals surface area contributed by atoms with Crippen LogP contribution in [0, 0.1) is 0 Å². The molecule has 0 unspecified atom stereocenters. The minimum atomic E-state index is -0.457. The van der Waals surface area contributed by atoms with Gasteiger partial charge in [0, 0.05) is 18.6 Å². The van der Waals surface area contributed by atoms with Crippen LogP contribution in [-0.4, -0.2) is 45.8 Å². The molecule has 0 saturated carbocycles. The first kappa shape index (κ1) is 27.8. The van der Waals surface area contributed by atoms with Gasteiger partial charge < -0.3 is 24.9 Å². The summed E-state index contributed by atoms with van der Waals surface area (Å²) in [4.78, 5) is 54.9. The number of fused-ring (bicyclic) bond motifs is 1. The Kier molecular flexibility index (Phi) is 11.2. The fourth-order valence-electron chi connectivity index (χ4n) is 2.59. The minimum Gasteiger partial charge on any atom is -0.512 e. The van der Waals surface area contributed by atoms with E-state index in [4.69, 9.17) is 21.7 Å². The molecule has 0 fully saturated rings. The van der Waals surface area contributed by atoms with Gasteiger partial charge in [0.25, 0.3) is 11.8 Å². The molecule has 0 bridgehead atoms. The Balaban J connectivity index is 0.000000264. The summed E-state index contributed by atoms with van der Waals surface area (Å²) in [6.07, 6.45) is 2.65. The molecule has 3 N–H and O–H groups in total. The highest BCUT2D eigenvalue weighted by Crippen LogP contribution is 2.17. The van der Waals surface area contributed by atoms with Gasteiger partial charge in [0.15, 0.2) is 0 Å². The average Bonchev–Trinajstić information content (AvgIpc) is 2.72. The third-order valence-electron chi connectivity index (χ3n) is 4.16. The number of Topliss-reactive ketones (excluding diaryl/α,β-unsaturated/α-hetero) is 1. The van der Waals surface area contributed by atoms with Crippen molar-refractivity contribution in [3.63, 3.8) is 0 Å². The van der Waals surface area contributed by atoms with Gasteiger partial charge in [-0.15, -0.1) is 0 Å². The average molecular weight is 497 g/mol. The molecule has 33 heavy (non-hydrogen) atoms. The lowest BCUT2D eigenvalue weighted by atomic mass is 10.0. The number of ketones is 1. The zero-order valence-electron chi connectivity index (χ0n) is 18.3. The molecule has 2 aliphatic heterocycles. The number of rotatable bonds is 4. The molecule has 2 amide bonds. The van der Waals surface area contributed by atoms with Gasteiger partial charge in [0.2, 0.25) is 0 Å². The first-order valence-electron chi connectivity index (χ1n) is 9.82. The smallest absolute Gasteiger partial charge is 0.336 e. The first-order chi connectivity index (χ1) is 15.5. The number of ether oxygens (including phenoxy) is 1. The Morgan fingerprint density at radius 3 is 2.27 bits per heavy atom. The Morgan fingerprint density at radius 1 is 1.12 bits per heavy atom. The summed E-state index contributed by atoms with van der Waals surface area (Å²) >= 11 is 9.51. The molecule has 3 heterocycles. The largest absolute Gasteiger partial charge is 0.512 e. The maximum Gasteiger partial charge on any atom is 0.336 e. The number of esters is 1. The lowest BCUT2D eigenvalue weighted by molar-refractivity contribution is -0.143. The van der Waals surface area contributed by atoms with Gasteiger partial charge in [-0.05, 0) is 12.0 Å². The molecule has 1 aromatic heterocycles. The van der Waals surface area contributed by atoms with E-state index in [1.54, 1.807) is 6.92 Å². The number of aliphatic hydroxyl groups is 1. The van der Waals surface area contributed by atoms with E-state index in [1.165, 1.54) is 13.2 Å². The summed E-state index contributed by atoms with van der Waals surface area (Å²) in [7, 11) is 1.27. The van der Waals surface area contributed by atoms with E-state index < -0.39 is 11.6 Å². The second-order valence-electron chi connectivity index (χ2n) is 6.67. The van der Waals surface area contributed by atoms with Crippen molar-refractivity contribution in [2.24, 2.45) is 0 Å². The molecular formula is C21H24N2O8S2. The van der Waals surface area contributed by atoms with Gasteiger partial charge in [-0.1, -0.05) is 38.3 Å². The summed E-state index contributed by atoms with van der Waals surface area (Å²) in [6.45, 7) is 3.60. The lowest BCUT2D eigenvalue weighted by Gasteiger charge is -2.17. The number of thiocarbonyl (C=S) groups is 2. The lowest BCUT2D eigenvalue weighted by Crippen LogP contribution is -2.37. The van der Waals surface area contributed by atoms with Crippen LogP contribution in [0.5, 0.6) is 0 Å². The highest BCUT2D eigenvalue weighted by atomic mass is 32.1. The second-order valence-corrected chi connectivity index (χ2v) is 7.65. The van der Waals surface area contributed by atoms with Gasteiger partial charge in [-0.3, -0.25) is 19.2 Å². The number of hydrogen-bond acceptors (Lipinski definition) is 10. The molecule has 0 radical (unpaired) electrons. The highest BCUT2D eigenvalue weighted by Gasteiger charge is 2.25. The molecule has 0 aliphatic carbocycles. The fourth-order valence-corrected chi connectivity index (χ4v) is 3.07. The molecule has 0 spiro atoms. The van der Waals surface area contributed by atoms with E-state index in [1.807, 2.05) is 6.92 Å². The second kappa shape index (κ2) is 13.3. The molecule has 0 atom stereocenters. The van der Waals surface area contributed by atoms with Crippen molar-refractivity contribution in [1.29, 1.82) is 0 Å². The number of nitrogens with one attached hydrogen (secondary N) is 2. The van der Waals surface area contributed by atoms with Crippen molar-refractivity contribution in [2.75, 3.05) is 7.11 Å². The molecule has 1 aromatic rings. The zero-order chi connectivity index (χ0) is 25.1. The standard InChI is InChI=1S/C10H9NO3S.C6H10O3.C5H5NO2S/c1-2-5-3-8(12)14-6-4-7(15)11-10(13)9(5)6;1-3-5(7)4-6(8)9-2;7-3-1-4(8)6-5(9)2-3/h3H,2,4H2,1H3,(H,11,13,15);3-4H2,1-2H3;1,7H,2H2,(H,6,8,9). The Labute approximate surface area is 200 Å². The van der Waals surface area contributed by atoms with E-state index in [9.17, 15) is 24.0 Å². The molecular weight excluding hydrogens is 472 g/mol. The van der Waals surface area contributed by atoms with E-state index in [2.05, 4.69) is 27.6 Å². The first-order valence-corrected chi connectivity index (χ1v) is 10.6. The van der Waals surface area contributed by atoms with Gasteiger partial charge in [-0.2, -0.15) is 0 Å². The Hall–Kier alpha value is -3.25. The third kappa shape index (κ3) is 9.41. The number of carbonyl (C=O) groups is 4. The molecule has 0 aromatic carbocycles. The monoisotopic (exact) mass is 496 g/mol. The van der Waals surface area contributed by atoms with Crippen molar-refractivity contribution in [3.8, 4) is 0 Å². The van der Waals surface area contributed by atoms with Crippen LogP contribution in [0.3, 0.4) is 0 Å². The van der Waals surface area contributed by atoms with Gasteiger partial charge >= 0.3 is 11.6 Å². The van der Waals surface area contributed by atoms with Crippen LogP contribution in [0.1, 0.15) is 54.8 Å². The van der Waals surface area contributed by atoms with E-state index in [-0.39, 0.29) is 36.2 Å². The van der Waals surface area contributed by atoms with E-state index in [0.29, 0.717) is 46.1 Å². The fraction of sp³-hybridized carbons (Fsp3) is 0.381. The summed E-state index contributed by atoms with van der Waals surface area (Å²) in [5.41, 5.74) is 0.745. The number of amides is 2. The van der Waals surface area contributed by atoms with Crippen molar-refractivity contribution < 1.29 is 33.4 Å². The predicted octanol–water partition coefficient (Wildman–Crippen LogP) is 1.62. The third-order valence-corrected chi connectivity index (χ3v) is 4.66.